The van der Waals surface area contributed by atoms with Crippen LogP contribution in [0, 0.1) is 6.92 Å². The lowest BCUT2D eigenvalue weighted by molar-refractivity contribution is 0.0954. The van der Waals surface area contributed by atoms with Crippen LogP contribution in [-0.2, 0) is 0 Å². The predicted octanol–water partition coefficient (Wildman–Crippen LogP) is 2.02. The predicted molar refractivity (Wildman–Crippen MR) is 66.3 cm³/mol. The number of aromatic nitrogens is 1. The number of aryl methyl sites for hydroxylation is 1. The van der Waals surface area contributed by atoms with Crippen molar-refractivity contribution >= 4 is 30.6 Å². The highest BCUT2D eigenvalue weighted by atomic mass is 35.5. The van der Waals surface area contributed by atoms with Crippen LogP contribution in [0.4, 0.5) is 0 Å². The van der Waals surface area contributed by atoms with Gasteiger partial charge in [0.25, 0.3) is 0 Å². The van der Waals surface area contributed by atoms with Crippen molar-refractivity contribution in [1.29, 1.82) is 0 Å². The molecule has 0 amide bonds. The molecule has 86 valence electrons. The van der Waals surface area contributed by atoms with Gasteiger partial charge in [-0.2, -0.15) is 0 Å². The number of nitrogens with one attached hydrogen (secondary N) is 1. The molecule has 0 bridgehead atoms. The Bertz CT molecular complexity index is 301. The SMILES string of the molecule is CNC(C)C(=O)c1ccc(C)nc1.Cl.Cl. The molecular formula is C10H16Cl2N2O. The molecule has 0 fully saturated rings. The Kier molecular flexibility index (Phi) is 8.53. The topological polar surface area (TPSA) is 42.0 Å². The molecule has 1 rings (SSSR count). The molecule has 0 aliphatic rings. The number of carbonyl (C=O) groups excluding carboxylic acids is 1. The summed E-state index contributed by atoms with van der Waals surface area (Å²) in [5.74, 6) is 0.0787. The van der Waals surface area contributed by atoms with Crippen LogP contribution in [-0.4, -0.2) is 23.9 Å². The first-order valence-corrected chi connectivity index (χ1v) is 4.29. The van der Waals surface area contributed by atoms with Crippen LogP contribution in [0.5, 0.6) is 0 Å². The highest BCUT2D eigenvalue weighted by Crippen LogP contribution is 2.02. The lowest BCUT2D eigenvalue weighted by Gasteiger charge is -2.08. The molecule has 0 aliphatic carbocycles. The molecule has 0 aliphatic heterocycles. The first-order chi connectivity index (χ1) is 6.15. The third kappa shape index (κ3) is 4.60. The Balaban J connectivity index is 0. The second-order valence-corrected chi connectivity index (χ2v) is 3.06. The van der Waals surface area contributed by atoms with Gasteiger partial charge >= 0.3 is 0 Å². The van der Waals surface area contributed by atoms with Crippen molar-refractivity contribution < 1.29 is 4.79 Å². The molecule has 1 N–H and O–H groups in total. The summed E-state index contributed by atoms with van der Waals surface area (Å²) in [7, 11) is 1.77. The second-order valence-electron chi connectivity index (χ2n) is 3.06. The normalized spacial score (nSPS) is 10.9. The van der Waals surface area contributed by atoms with E-state index in [9.17, 15) is 4.79 Å². The van der Waals surface area contributed by atoms with Gasteiger partial charge < -0.3 is 5.32 Å². The summed E-state index contributed by atoms with van der Waals surface area (Å²) in [6.07, 6.45) is 1.62. The van der Waals surface area contributed by atoms with Crippen LogP contribution in [0.1, 0.15) is 23.0 Å². The van der Waals surface area contributed by atoms with Gasteiger partial charge in [0, 0.05) is 17.5 Å². The van der Waals surface area contributed by atoms with Crippen LogP contribution in [0.2, 0.25) is 0 Å². The van der Waals surface area contributed by atoms with E-state index in [1.165, 1.54) is 0 Å². The van der Waals surface area contributed by atoms with Gasteiger partial charge in [0.2, 0.25) is 0 Å². The Morgan fingerprint density at radius 3 is 2.40 bits per heavy atom. The second kappa shape index (κ2) is 7.63. The maximum absolute atomic E-state index is 11.6. The number of halogens is 2. The summed E-state index contributed by atoms with van der Waals surface area (Å²) >= 11 is 0. The van der Waals surface area contributed by atoms with E-state index in [0.717, 1.165) is 5.69 Å². The quantitative estimate of drug-likeness (QED) is 0.836. The minimum absolute atomic E-state index is 0. The van der Waals surface area contributed by atoms with Crippen molar-refractivity contribution in [2.75, 3.05) is 7.05 Å². The third-order valence-electron chi connectivity index (χ3n) is 2.02. The van der Waals surface area contributed by atoms with E-state index in [1.54, 1.807) is 19.3 Å². The molecule has 1 heterocycles. The van der Waals surface area contributed by atoms with E-state index in [4.69, 9.17) is 0 Å². The van der Waals surface area contributed by atoms with Crippen molar-refractivity contribution in [3.05, 3.63) is 29.6 Å². The van der Waals surface area contributed by atoms with Crippen molar-refractivity contribution in [1.82, 2.24) is 10.3 Å². The summed E-state index contributed by atoms with van der Waals surface area (Å²) in [6.45, 7) is 3.73. The first-order valence-electron chi connectivity index (χ1n) is 4.29. The minimum atomic E-state index is -0.149. The fourth-order valence-electron chi connectivity index (χ4n) is 0.995. The maximum Gasteiger partial charge on any atom is 0.180 e. The van der Waals surface area contributed by atoms with E-state index in [1.807, 2.05) is 19.9 Å². The summed E-state index contributed by atoms with van der Waals surface area (Å²) in [5, 5.41) is 2.90. The van der Waals surface area contributed by atoms with Gasteiger partial charge in [-0.15, -0.1) is 24.8 Å². The summed E-state index contributed by atoms with van der Waals surface area (Å²) in [6, 6.07) is 3.50. The number of likely N-dealkylation sites (N-methyl/N-ethyl adjacent to an activating group) is 1. The lowest BCUT2D eigenvalue weighted by atomic mass is 10.1. The Morgan fingerprint density at radius 1 is 1.40 bits per heavy atom. The van der Waals surface area contributed by atoms with Gasteiger partial charge in [-0.3, -0.25) is 9.78 Å². The molecule has 15 heavy (non-hydrogen) atoms. The van der Waals surface area contributed by atoms with Gasteiger partial charge in [-0.05, 0) is 33.0 Å². The Morgan fingerprint density at radius 2 is 2.00 bits per heavy atom. The molecule has 0 spiro atoms. The summed E-state index contributed by atoms with van der Waals surface area (Å²) < 4.78 is 0. The number of nitrogens with zero attached hydrogens (tertiary/aromatic N) is 1. The average Bonchev–Trinajstić information content (AvgIpc) is 2.17. The third-order valence-corrected chi connectivity index (χ3v) is 2.02. The van der Waals surface area contributed by atoms with Gasteiger partial charge in [-0.1, -0.05) is 0 Å². The number of pyridine rings is 1. The number of ketones is 1. The number of Topliss-reactive ketones (excluding diaryl/α,β-unsaturated/α-hetero) is 1. The molecule has 1 unspecified atom stereocenters. The number of carbonyl (C=O) groups is 1. The lowest BCUT2D eigenvalue weighted by Crippen LogP contribution is -2.30. The van der Waals surface area contributed by atoms with Crippen LogP contribution >= 0.6 is 24.8 Å². The van der Waals surface area contributed by atoms with Crippen molar-refractivity contribution in [2.24, 2.45) is 0 Å². The van der Waals surface area contributed by atoms with Gasteiger partial charge in [0.15, 0.2) is 5.78 Å². The van der Waals surface area contributed by atoms with Crippen LogP contribution in [0.15, 0.2) is 18.3 Å². The maximum atomic E-state index is 11.6. The molecule has 1 aromatic heterocycles. The Hall–Kier alpha value is -0.640. The van der Waals surface area contributed by atoms with Crippen LogP contribution < -0.4 is 5.32 Å². The molecular weight excluding hydrogens is 235 g/mol. The molecule has 3 nitrogen and oxygen atoms in total. The number of hydrogen-bond acceptors (Lipinski definition) is 3. The van der Waals surface area contributed by atoms with E-state index in [-0.39, 0.29) is 36.6 Å². The smallest absolute Gasteiger partial charge is 0.180 e. The molecule has 1 atom stereocenters. The highest BCUT2D eigenvalue weighted by Gasteiger charge is 2.12. The molecule has 5 heteroatoms. The molecule has 0 saturated carbocycles. The fraction of sp³-hybridized carbons (Fsp3) is 0.400. The van der Waals surface area contributed by atoms with Crippen LogP contribution in [0.25, 0.3) is 0 Å². The van der Waals surface area contributed by atoms with E-state index in [0.29, 0.717) is 5.56 Å². The van der Waals surface area contributed by atoms with Crippen molar-refractivity contribution in [2.45, 2.75) is 19.9 Å². The van der Waals surface area contributed by atoms with Gasteiger partial charge in [-0.25, -0.2) is 0 Å². The van der Waals surface area contributed by atoms with Gasteiger partial charge in [0.1, 0.15) is 0 Å². The first kappa shape index (κ1) is 16.8. The standard InChI is InChI=1S/C10H14N2O.2ClH/c1-7-4-5-9(6-12-7)10(13)8(2)11-3;;/h4-6,8,11H,1-3H3;2*1H. The largest absolute Gasteiger partial charge is 0.310 e. The van der Waals surface area contributed by atoms with Crippen molar-refractivity contribution in [3.63, 3.8) is 0 Å². The van der Waals surface area contributed by atoms with Crippen molar-refractivity contribution in [3.8, 4) is 0 Å². The zero-order valence-electron chi connectivity index (χ0n) is 8.98. The van der Waals surface area contributed by atoms with E-state index in [2.05, 4.69) is 10.3 Å². The summed E-state index contributed by atoms with van der Waals surface area (Å²) in [4.78, 5) is 15.7. The molecule has 1 aromatic rings. The zero-order chi connectivity index (χ0) is 9.84. The number of hydrogen-bond donors (Lipinski definition) is 1. The summed E-state index contributed by atoms with van der Waals surface area (Å²) in [5.41, 5.74) is 1.58. The monoisotopic (exact) mass is 250 g/mol. The minimum Gasteiger partial charge on any atom is -0.310 e. The average molecular weight is 251 g/mol. The molecule has 0 radical (unpaired) electrons. The van der Waals surface area contributed by atoms with E-state index < -0.39 is 0 Å². The van der Waals surface area contributed by atoms with Crippen LogP contribution in [0.3, 0.4) is 0 Å². The fourth-order valence-corrected chi connectivity index (χ4v) is 0.995. The van der Waals surface area contributed by atoms with E-state index >= 15 is 0 Å². The highest BCUT2D eigenvalue weighted by molar-refractivity contribution is 5.99. The molecule has 0 aromatic carbocycles. The number of rotatable bonds is 3. The Labute approximate surface area is 102 Å². The molecule has 0 saturated heterocycles. The van der Waals surface area contributed by atoms with Gasteiger partial charge in [0.05, 0.1) is 6.04 Å². The zero-order valence-corrected chi connectivity index (χ0v) is 10.6.